The third-order valence-corrected chi connectivity index (χ3v) is 6.87. The second-order valence-corrected chi connectivity index (χ2v) is 8.93. The zero-order chi connectivity index (χ0) is 17.6. The van der Waals surface area contributed by atoms with Crippen molar-refractivity contribution in [1.29, 1.82) is 0 Å². The van der Waals surface area contributed by atoms with Crippen molar-refractivity contribution in [1.82, 2.24) is 0 Å². The van der Waals surface area contributed by atoms with Gasteiger partial charge in [0, 0.05) is 5.69 Å². The molecule has 1 amide bonds. The van der Waals surface area contributed by atoms with E-state index in [2.05, 4.69) is 23.5 Å². The Labute approximate surface area is 157 Å². The highest BCUT2D eigenvalue weighted by Gasteiger charge is 2.16. The standard InChI is InChI=1S/C20H23NO2S2/c1-14-10-15(2)12-17(11-14)21-19(22)13-23-18-6-4-16(5-7-18)20-24-8-3-9-25-20/h4-7,10-12,20H,3,8-9,13H2,1-2H3,(H,21,22). The number of hydrogen-bond donors (Lipinski definition) is 1. The van der Waals surface area contributed by atoms with Gasteiger partial charge in [-0.3, -0.25) is 4.79 Å². The molecule has 0 saturated carbocycles. The minimum absolute atomic E-state index is 0.0132. The Morgan fingerprint density at radius 2 is 1.72 bits per heavy atom. The van der Waals surface area contributed by atoms with Crippen LogP contribution in [-0.4, -0.2) is 24.0 Å². The first-order valence-electron chi connectivity index (χ1n) is 8.44. The van der Waals surface area contributed by atoms with Gasteiger partial charge in [0.1, 0.15) is 5.75 Å². The molecule has 25 heavy (non-hydrogen) atoms. The fraction of sp³-hybridized carbons (Fsp3) is 0.350. The number of benzene rings is 2. The topological polar surface area (TPSA) is 38.3 Å². The molecule has 0 radical (unpaired) electrons. The summed E-state index contributed by atoms with van der Waals surface area (Å²) in [5.74, 6) is 3.04. The molecule has 1 heterocycles. The third kappa shape index (κ3) is 5.44. The summed E-state index contributed by atoms with van der Waals surface area (Å²) in [6, 6.07) is 14.1. The average molecular weight is 374 g/mol. The second kappa shape index (κ2) is 8.68. The number of thioether (sulfide) groups is 2. The number of hydrogen-bond acceptors (Lipinski definition) is 4. The van der Waals surface area contributed by atoms with Crippen LogP contribution in [0.25, 0.3) is 0 Å². The van der Waals surface area contributed by atoms with Gasteiger partial charge in [0.25, 0.3) is 5.91 Å². The van der Waals surface area contributed by atoms with E-state index in [9.17, 15) is 4.79 Å². The summed E-state index contributed by atoms with van der Waals surface area (Å²) in [7, 11) is 0. The monoisotopic (exact) mass is 373 g/mol. The van der Waals surface area contributed by atoms with Gasteiger partial charge < -0.3 is 10.1 Å². The Morgan fingerprint density at radius 1 is 1.08 bits per heavy atom. The predicted molar refractivity (Wildman–Crippen MR) is 109 cm³/mol. The molecule has 1 N–H and O–H groups in total. The van der Waals surface area contributed by atoms with Crippen LogP contribution in [0.1, 0.15) is 27.7 Å². The number of nitrogens with one attached hydrogen (secondary N) is 1. The Hall–Kier alpha value is -1.59. The molecule has 2 aromatic rings. The summed E-state index contributed by atoms with van der Waals surface area (Å²) >= 11 is 4.00. The van der Waals surface area contributed by atoms with Gasteiger partial charge in [0.05, 0.1) is 4.58 Å². The number of anilines is 1. The van der Waals surface area contributed by atoms with Crippen LogP contribution in [0.15, 0.2) is 42.5 Å². The third-order valence-electron chi connectivity index (χ3n) is 3.85. The van der Waals surface area contributed by atoms with Gasteiger partial charge in [-0.15, -0.1) is 23.5 Å². The largest absolute Gasteiger partial charge is 0.484 e. The van der Waals surface area contributed by atoms with Gasteiger partial charge in [-0.05, 0) is 72.7 Å². The van der Waals surface area contributed by atoms with Gasteiger partial charge in [0.2, 0.25) is 0 Å². The first-order valence-corrected chi connectivity index (χ1v) is 10.5. The fourth-order valence-corrected chi connectivity index (χ4v) is 5.69. The van der Waals surface area contributed by atoms with Gasteiger partial charge >= 0.3 is 0 Å². The summed E-state index contributed by atoms with van der Waals surface area (Å²) in [5, 5.41) is 2.89. The van der Waals surface area contributed by atoms with Crippen molar-refractivity contribution in [3.05, 3.63) is 59.2 Å². The highest BCUT2D eigenvalue weighted by molar-refractivity contribution is 8.16. The van der Waals surface area contributed by atoms with Crippen LogP contribution in [0.2, 0.25) is 0 Å². The van der Waals surface area contributed by atoms with Crippen molar-refractivity contribution >= 4 is 35.1 Å². The first kappa shape index (κ1) is 18.2. The fourth-order valence-electron chi connectivity index (χ4n) is 2.79. The molecule has 1 fully saturated rings. The lowest BCUT2D eigenvalue weighted by molar-refractivity contribution is -0.118. The highest BCUT2D eigenvalue weighted by Crippen LogP contribution is 2.43. The number of carbonyl (C=O) groups excluding carboxylic acids is 1. The zero-order valence-electron chi connectivity index (χ0n) is 14.6. The van der Waals surface area contributed by atoms with Gasteiger partial charge in [-0.1, -0.05) is 18.2 Å². The van der Waals surface area contributed by atoms with Crippen molar-refractivity contribution < 1.29 is 9.53 Å². The summed E-state index contributed by atoms with van der Waals surface area (Å²) in [6.45, 7) is 4.05. The van der Waals surface area contributed by atoms with Crippen LogP contribution in [0.4, 0.5) is 5.69 Å². The van der Waals surface area contributed by atoms with E-state index in [-0.39, 0.29) is 12.5 Å². The Kier molecular flexibility index (Phi) is 6.32. The van der Waals surface area contributed by atoms with Crippen LogP contribution in [0, 0.1) is 13.8 Å². The molecular formula is C20H23NO2S2. The molecule has 2 aromatic carbocycles. The molecule has 0 aliphatic carbocycles. The normalized spacial score (nSPS) is 15.0. The molecular weight excluding hydrogens is 350 g/mol. The Balaban J connectivity index is 1.51. The van der Waals surface area contributed by atoms with E-state index in [1.165, 1.54) is 23.5 Å². The van der Waals surface area contributed by atoms with E-state index >= 15 is 0 Å². The number of rotatable bonds is 5. The summed E-state index contributed by atoms with van der Waals surface area (Å²) < 4.78 is 6.14. The van der Waals surface area contributed by atoms with Crippen LogP contribution < -0.4 is 10.1 Å². The van der Waals surface area contributed by atoms with Crippen molar-refractivity contribution in [3.8, 4) is 5.75 Å². The minimum atomic E-state index is -0.146. The van der Waals surface area contributed by atoms with Gasteiger partial charge in [-0.2, -0.15) is 0 Å². The second-order valence-electron chi connectivity index (χ2n) is 6.21. The Morgan fingerprint density at radius 3 is 2.36 bits per heavy atom. The average Bonchev–Trinajstić information content (AvgIpc) is 2.60. The summed E-state index contributed by atoms with van der Waals surface area (Å²) in [5.41, 5.74) is 4.39. The first-order chi connectivity index (χ1) is 12.1. The van der Waals surface area contributed by atoms with E-state index in [0.717, 1.165) is 22.6 Å². The molecule has 132 valence electrons. The lowest BCUT2D eigenvalue weighted by Gasteiger charge is -2.21. The van der Waals surface area contributed by atoms with Crippen molar-refractivity contribution in [2.75, 3.05) is 23.4 Å². The molecule has 1 aliphatic rings. The van der Waals surface area contributed by atoms with Crippen LogP contribution >= 0.6 is 23.5 Å². The molecule has 0 unspecified atom stereocenters. The Bertz CT molecular complexity index is 705. The van der Waals surface area contributed by atoms with E-state index < -0.39 is 0 Å². The SMILES string of the molecule is Cc1cc(C)cc(NC(=O)COc2ccc(C3SCCCS3)cc2)c1. The zero-order valence-corrected chi connectivity index (χ0v) is 16.2. The molecule has 0 aromatic heterocycles. The molecule has 1 saturated heterocycles. The summed E-state index contributed by atoms with van der Waals surface area (Å²) in [6.07, 6.45) is 1.29. The lowest BCUT2D eigenvalue weighted by atomic mass is 10.1. The molecule has 3 rings (SSSR count). The van der Waals surface area contributed by atoms with E-state index in [0.29, 0.717) is 4.58 Å². The molecule has 3 nitrogen and oxygen atoms in total. The molecule has 0 spiro atoms. The molecule has 0 bridgehead atoms. The molecule has 5 heteroatoms. The van der Waals surface area contributed by atoms with E-state index in [4.69, 9.17) is 4.74 Å². The summed E-state index contributed by atoms with van der Waals surface area (Å²) in [4.78, 5) is 12.1. The smallest absolute Gasteiger partial charge is 0.262 e. The maximum absolute atomic E-state index is 12.1. The quantitative estimate of drug-likeness (QED) is 0.783. The molecule has 0 atom stereocenters. The van der Waals surface area contributed by atoms with Gasteiger partial charge in [0.15, 0.2) is 6.61 Å². The minimum Gasteiger partial charge on any atom is -0.484 e. The van der Waals surface area contributed by atoms with Crippen molar-refractivity contribution in [2.24, 2.45) is 0 Å². The highest BCUT2D eigenvalue weighted by atomic mass is 32.2. The maximum atomic E-state index is 12.1. The maximum Gasteiger partial charge on any atom is 0.262 e. The lowest BCUT2D eigenvalue weighted by Crippen LogP contribution is -2.20. The molecule has 1 aliphatic heterocycles. The van der Waals surface area contributed by atoms with Crippen molar-refractivity contribution in [2.45, 2.75) is 24.9 Å². The van der Waals surface area contributed by atoms with Crippen molar-refractivity contribution in [3.63, 3.8) is 0 Å². The van der Waals surface area contributed by atoms with Gasteiger partial charge in [-0.25, -0.2) is 0 Å². The number of carbonyl (C=O) groups is 1. The number of aryl methyl sites for hydroxylation is 2. The number of ether oxygens (including phenoxy) is 1. The predicted octanol–water partition coefficient (Wildman–Crippen LogP) is 5.19. The van der Waals surface area contributed by atoms with E-state index in [1.54, 1.807) is 0 Å². The van der Waals surface area contributed by atoms with E-state index in [1.807, 2.05) is 61.6 Å². The number of amides is 1. The van der Waals surface area contributed by atoms with Crippen LogP contribution in [0.3, 0.4) is 0 Å². The van der Waals surface area contributed by atoms with Crippen LogP contribution in [-0.2, 0) is 4.79 Å². The van der Waals surface area contributed by atoms with Crippen LogP contribution in [0.5, 0.6) is 5.75 Å².